The molecule has 0 fully saturated rings. The van der Waals surface area contributed by atoms with Crippen molar-refractivity contribution < 1.29 is 4.79 Å². The van der Waals surface area contributed by atoms with Crippen LogP contribution in [0.25, 0.3) is 0 Å². The largest absolute Gasteiger partial charge is 0.297 e. The zero-order valence-electron chi connectivity index (χ0n) is 15.3. The molecule has 0 aliphatic rings. The Bertz CT molecular complexity index is 396. The number of carbonyl (C=O) groups is 1. The molecule has 1 heterocycles. The second-order valence-corrected chi connectivity index (χ2v) is 7.89. The SMILES string of the molecule is CCCCCCCCC(CCCCCC)Cc1csc(C=O)c1. The first-order chi connectivity index (χ1) is 11.3. The summed E-state index contributed by atoms with van der Waals surface area (Å²) in [6, 6.07) is 2.10. The molecular weight excluding hydrogens is 300 g/mol. The van der Waals surface area contributed by atoms with Gasteiger partial charge in [-0.15, -0.1) is 11.3 Å². The molecule has 0 amide bonds. The van der Waals surface area contributed by atoms with E-state index in [9.17, 15) is 4.79 Å². The van der Waals surface area contributed by atoms with Gasteiger partial charge in [-0.1, -0.05) is 90.9 Å². The fourth-order valence-corrected chi connectivity index (χ4v) is 4.04. The molecular formula is C21H36OS. The second kappa shape index (κ2) is 13.8. The molecule has 2 heteroatoms. The lowest BCUT2D eigenvalue weighted by molar-refractivity contribution is 0.112. The molecule has 1 unspecified atom stereocenters. The van der Waals surface area contributed by atoms with E-state index in [1.54, 1.807) is 11.3 Å². The number of unbranched alkanes of at least 4 members (excludes halogenated alkanes) is 8. The van der Waals surface area contributed by atoms with Gasteiger partial charge >= 0.3 is 0 Å². The molecule has 0 aromatic carbocycles. The van der Waals surface area contributed by atoms with Crippen LogP contribution in [-0.2, 0) is 6.42 Å². The predicted octanol–water partition coefficient (Wildman–Crippen LogP) is 7.44. The fraction of sp³-hybridized carbons (Fsp3) is 0.762. The molecule has 0 saturated heterocycles. The Morgan fingerprint density at radius 1 is 0.913 bits per heavy atom. The summed E-state index contributed by atoms with van der Waals surface area (Å²) in [7, 11) is 0. The van der Waals surface area contributed by atoms with Crippen molar-refractivity contribution in [3.8, 4) is 0 Å². The van der Waals surface area contributed by atoms with E-state index in [4.69, 9.17) is 0 Å². The Kier molecular flexibility index (Phi) is 12.2. The summed E-state index contributed by atoms with van der Waals surface area (Å²) in [5.74, 6) is 0.812. The fourth-order valence-electron chi connectivity index (χ4n) is 3.32. The third kappa shape index (κ3) is 9.96. The first-order valence-electron chi connectivity index (χ1n) is 9.82. The molecule has 0 radical (unpaired) electrons. The van der Waals surface area contributed by atoms with E-state index in [1.807, 2.05) is 0 Å². The van der Waals surface area contributed by atoms with Crippen LogP contribution in [0.5, 0.6) is 0 Å². The summed E-state index contributed by atoms with van der Waals surface area (Å²) < 4.78 is 0. The van der Waals surface area contributed by atoms with E-state index in [0.29, 0.717) is 0 Å². The molecule has 0 N–H and O–H groups in total. The zero-order valence-corrected chi connectivity index (χ0v) is 16.1. The highest BCUT2D eigenvalue weighted by molar-refractivity contribution is 7.11. The summed E-state index contributed by atoms with van der Waals surface area (Å²) in [5.41, 5.74) is 1.38. The van der Waals surface area contributed by atoms with Crippen LogP contribution in [-0.4, -0.2) is 6.29 Å². The van der Waals surface area contributed by atoms with E-state index >= 15 is 0 Å². The molecule has 132 valence electrons. The van der Waals surface area contributed by atoms with Gasteiger partial charge in [-0.05, 0) is 29.3 Å². The van der Waals surface area contributed by atoms with Gasteiger partial charge in [-0.2, -0.15) is 0 Å². The van der Waals surface area contributed by atoms with Crippen molar-refractivity contribution in [2.45, 2.75) is 97.3 Å². The average Bonchev–Trinajstić information content (AvgIpc) is 3.02. The molecule has 0 aliphatic carbocycles. The number of thiophene rings is 1. The van der Waals surface area contributed by atoms with Crippen molar-refractivity contribution in [3.05, 3.63) is 21.9 Å². The van der Waals surface area contributed by atoms with Gasteiger partial charge in [0, 0.05) is 0 Å². The second-order valence-electron chi connectivity index (χ2n) is 6.95. The Morgan fingerprint density at radius 2 is 1.48 bits per heavy atom. The van der Waals surface area contributed by atoms with Gasteiger partial charge < -0.3 is 0 Å². The highest BCUT2D eigenvalue weighted by atomic mass is 32.1. The van der Waals surface area contributed by atoms with Crippen LogP contribution in [0.4, 0.5) is 0 Å². The third-order valence-electron chi connectivity index (χ3n) is 4.75. The van der Waals surface area contributed by atoms with E-state index < -0.39 is 0 Å². The minimum absolute atomic E-state index is 0.812. The van der Waals surface area contributed by atoms with Gasteiger partial charge in [0.25, 0.3) is 0 Å². The van der Waals surface area contributed by atoms with Crippen molar-refractivity contribution in [2.75, 3.05) is 0 Å². The van der Waals surface area contributed by atoms with Crippen molar-refractivity contribution in [3.63, 3.8) is 0 Å². The van der Waals surface area contributed by atoms with Crippen molar-refractivity contribution in [1.29, 1.82) is 0 Å². The molecule has 1 nitrogen and oxygen atoms in total. The van der Waals surface area contributed by atoms with E-state index in [0.717, 1.165) is 17.1 Å². The van der Waals surface area contributed by atoms with Crippen LogP contribution in [0.3, 0.4) is 0 Å². The Morgan fingerprint density at radius 3 is 2.04 bits per heavy atom. The van der Waals surface area contributed by atoms with Gasteiger partial charge in [-0.3, -0.25) is 4.79 Å². The number of rotatable bonds is 15. The lowest BCUT2D eigenvalue weighted by Gasteiger charge is -2.16. The van der Waals surface area contributed by atoms with Gasteiger partial charge in [0.15, 0.2) is 6.29 Å². The van der Waals surface area contributed by atoms with Gasteiger partial charge in [0.05, 0.1) is 4.88 Å². The van der Waals surface area contributed by atoms with Crippen LogP contribution in [0, 0.1) is 5.92 Å². The summed E-state index contributed by atoms with van der Waals surface area (Å²) in [6.45, 7) is 4.56. The summed E-state index contributed by atoms with van der Waals surface area (Å²) >= 11 is 1.59. The van der Waals surface area contributed by atoms with Crippen LogP contribution in [0.15, 0.2) is 11.4 Å². The molecule has 1 aromatic rings. The van der Waals surface area contributed by atoms with E-state index in [-0.39, 0.29) is 0 Å². The van der Waals surface area contributed by atoms with E-state index in [1.165, 1.54) is 89.0 Å². The van der Waals surface area contributed by atoms with Gasteiger partial charge in [-0.25, -0.2) is 0 Å². The maximum absolute atomic E-state index is 10.9. The zero-order chi connectivity index (χ0) is 16.8. The van der Waals surface area contributed by atoms with Crippen LogP contribution in [0.1, 0.15) is 106 Å². The Labute approximate surface area is 147 Å². The molecule has 23 heavy (non-hydrogen) atoms. The van der Waals surface area contributed by atoms with Gasteiger partial charge in [0.1, 0.15) is 0 Å². The highest BCUT2D eigenvalue weighted by Crippen LogP contribution is 2.25. The normalized spacial score (nSPS) is 12.4. The quantitative estimate of drug-likeness (QED) is 0.240. The minimum atomic E-state index is 0.812. The molecule has 1 aromatic heterocycles. The maximum atomic E-state index is 10.9. The molecule has 0 spiro atoms. The van der Waals surface area contributed by atoms with Crippen molar-refractivity contribution in [1.82, 2.24) is 0 Å². The molecule has 1 rings (SSSR count). The van der Waals surface area contributed by atoms with Crippen LogP contribution in [0.2, 0.25) is 0 Å². The Hall–Kier alpha value is -0.630. The number of hydrogen-bond acceptors (Lipinski definition) is 2. The van der Waals surface area contributed by atoms with Crippen molar-refractivity contribution in [2.24, 2.45) is 5.92 Å². The van der Waals surface area contributed by atoms with Gasteiger partial charge in [0.2, 0.25) is 0 Å². The van der Waals surface area contributed by atoms with Crippen LogP contribution >= 0.6 is 11.3 Å². The lowest BCUT2D eigenvalue weighted by Crippen LogP contribution is -2.05. The lowest BCUT2D eigenvalue weighted by atomic mass is 9.89. The topological polar surface area (TPSA) is 17.1 Å². The Balaban J connectivity index is 2.33. The summed E-state index contributed by atoms with van der Waals surface area (Å²) in [4.78, 5) is 11.7. The predicted molar refractivity (Wildman–Crippen MR) is 104 cm³/mol. The molecule has 0 aliphatic heterocycles. The standard InChI is InChI=1S/C21H36OS/c1-3-5-7-9-10-12-14-19(13-11-8-6-4-2)15-20-16-21(17-22)23-18-20/h16-19H,3-15H2,1-2H3. The number of aldehydes is 1. The first kappa shape index (κ1) is 20.4. The smallest absolute Gasteiger partial charge is 0.160 e. The highest BCUT2D eigenvalue weighted by Gasteiger charge is 2.11. The minimum Gasteiger partial charge on any atom is -0.297 e. The van der Waals surface area contributed by atoms with Crippen molar-refractivity contribution >= 4 is 17.6 Å². The third-order valence-corrected chi connectivity index (χ3v) is 5.65. The molecule has 1 atom stereocenters. The monoisotopic (exact) mass is 336 g/mol. The average molecular weight is 337 g/mol. The number of hydrogen-bond donors (Lipinski definition) is 0. The van der Waals surface area contributed by atoms with E-state index in [2.05, 4.69) is 25.3 Å². The number of carbonyl (C=O) groups excluding carboxylic acids is 1. The molecule has 0 bridgehead atoms. The molecule has 0 saturated carbocycles. The first-order valence-corrected chi connectivity index (χ1v) is 10.7. The summed E-state index contributed by atoms with van der Waals surface area (Å²) in [6.07, 6.45) is 18.6. The van der Waals surface area contributed by atoms with Crippen LogP contribution < -0.4 is 0 Å². The maximum Gasteiger partial charge on any atom is 0.160 e. The summed E-state index contributed by atoms with van der Waals surface area (Å²) in [5, 5.41) is 2.18.